The maximum Gasteiger partial charge on any atom is -0.0103 e. The summed E-state index contributed by atoms with van der Waals surface area (Å²) in [4.78, 5) is 0. The van der Waals surface area contributed by atoms with Crippen molar-refractivity contribution < 1.29 is 0 Å². The monoisotopic (exact) mass is 378 g/mol. The van der Waals surface area contributed by atoms with Gasteiger partial charge in [-0.1, -0.05) is 121 Å². The summed E-state index contributed by atoms with van der Waals surface area (Å²) in [5, 5.41) is 0. The van der Waals surface area contributed by atoms with Crippen LogP contribution < -0.4 is 0 Å². The van der Waals surface area contributed by atoms with Crippen LogP contribution in [0.5, 0.6) is 0 Å². The molecule has 0 aliphatic carbocycles. The van der Waals surface area contributed by atoms with Gasteiger partial charge in [-0.25, -0.2) is 0 Å². The van der Waals surface area contributed by atoms with E-state index in [9.17, 15) is 0 Å². The van der Waals surface area contributed by atoms with Crippen molar-refractivity contribution in [3.63, 3.8) is 0 Å². The molecule has 148 valence electrons. The average molecular weight is 379 g/mol. The van der Waals surface area contributed by atoms with Crippen molar-refractivity contribution >= 4 is 19.9 Å². The van der Waals surface area contributed by atoms with E-state index in [2.05, 4.69) is 20.1 Å². The minimum Gasteiger partial charge on any atom is -0.166 e. The van der Waals surface area contributed by atoms with E-state index in [0.717, 1.165) is 0 Å². The van der Waals surface area contributed by atoms with Crippen LogP contribution >= 0.6 is 19.9 Å². The van der Waals surface area contributed by atoms with Crippen LogP contribution in [0.4, 0.5) is 0 Å². The maximum absolute atomic E-state index is 6.58. The van der Waals surface area contributed by atoms with Crippen LogP contribution in [0.15, 0.2) is 0 Å². The van der Waals surface area contributed by atoms with Gasteiger partial charge in [0.15, 0.2) is 0 Å². The molecule has 0 spiro atoms. The minimum absolute atomic E-state index is 0.779. The first kappa shape index (κ1) is 24.6. The Labute approximate surface area is 160 Å². The molecule has 0 N–H and O–H groups in total. The van der Waals surface area contributed by atoms with E-state index in [-0.39, 0.29) is 0 Å². The van der Waals surface area contributed by atoms with Gasteiger partial charge in [0.2, 0.25) is 0 Å². The fourth-order valence-electron chi connectivity index (χ4n) is 3.48. The summed E-state index contributed by atoms with van der Waals surface area (Å²) in [5.74, 6) is 2.52. The lowest BCUT2D eigenvalue weighted by Gasteiger charge is -2.27. The molecule has 24 heavy (non-hydrogen) atoms. The van der Waals surface area contributed by atoms with Crippen molar-refractivity contribution in [1.29, 1.82) is 0 Å². The third-order valence-corrected chi connectivity index (χ3v) is 8.38. The zero-order valence-electron chi connectivity index (χ0n) is 17.2. The van der Waals surface area contributed by atoms with Crippen LogP contribution in [0, 0.1) is 0 Å². The molecule has 0 aromatic carbocycles. The molecule has 0 aliphatic rings. The lowest BCUT2D eigenvalue weighted by molar-refractivity contribution is 0.531. The highest BCUT2D eigenvalue weighted by atomic mass is 35.7. The van der Waals surface area contributed by atoms with Crippen molar-refractivity contribution in [1.82, 2.24) is 0 Å². The molecule has 1 atom stereocenters. The summed E-state index contributed by atoms with van der Waals surface area (Å²) in [5.41, 5.74) is 0. The van der Waals surface area contributed by atoms with Gasteiger partial charge in [0, 0.05) is 0 Å². The molecule has 0 amide bonds. The number of hydrogen-bond acceptors (Lipinski definition) is 0. The van der Waals surface area contributed by atoms with Gasteiger partial charge in [0.05, 0.1) is 0 Å². The lowest BCUT2D eigenvalue weighted by atomic mass is 10.0. The van der Waals surface area contributed by atoms with Gasteiger partial charge >= 0.3 is 0 Å². The lowest BCUT2D eigenvalue weighted by Crippen LogP contribution is -2.00. The minimum atomic E-state index is -0.779. The third kappa shape index (κ3) is 19.0. The Hall–Kier alpha value is 0.640. The van der Waals surface area contributed by atoms with Crippen LogP contribution in [-0.4, -0.2) is 17.8 Å². The van der Waals surface area contributed by atoms with Crippen molar-refractivity contribution in [3.05, 3.63) is 0 Å². The number of unbranched alkanes of at least 4 members (excludes halogenated alkanes) is 15. The first-order valence-corrected chi connectivity index (χ1v) is 14.3. The van der Waals surface area contributed by atoms with E-state index in [4.69, 9.17) is 10.7 Å². The standard InChI is InChI=1S/C22H47ClS/c1-4-6-7-8-9-10-11-12-13-14-15-16-17-18-19-20-22-24(3,23)21-5-2/h4-22H2,1-3H3. The second-order valence-electron chi connectivity index (χ2n) is 7.87. The number of hydrogen-bond donors (Lipinski definition) is 0. The van der Waals surface area contributed by atoms with E-state index in [1.165, 1.54) is 121 Å². The predicted octanol–water partition coefficient (Wildman–Crippen LogP) is 9.25. The van der Waals surface area contributed by atoms with Crippen molar-refractivity contribution in [3.8, 4) is 0 Å². The predicted molar refractivity (Wildman–Crippen MR) is 119 cm³/mol. The smallest absolute Gasteiger partial charge is 0.0103 e. The Morgan fingerprint density at radius 3 is 1.12 bits per heavy atom. The fraction of sp³-hybridized carbons (Fsp3) is 1.00. The van der Waals surface area contributed by atoms with Gasteiger partial charge in [-0.2, -0.15) is 9.24 Å². The molecule has 0 nitrogen and oxygen atoms in total. The zero-order valence-corrected chi connectivity index (χ0v) is 18.8. The van der Waals surface area contributed by atoms with E-state index in [1.54, 1.807) is 0 Å². The molecule has 0 saturated carbocycles. The molecule has 0 aromatic rings. The van der Waals surface area contributed by atoms with Gasteiger partial charge < -0.3 is 0 Å². The number of rotatable bonds is 19. The van der Waals surface area contributed by atoms with E-state index in [1.807, 2.05) is 0 Å². The summed E-state index contributed by atoms with van der Waals surface area (Å²) in [6, 6.07) is 0. The molecule has 2 heteroatoms. The van der Waals surface area contributed by atoms with Crippen molar-refractivity contribution in [2.45, 2.75) is 123 Å². The van der Waals surface area contributed by atoms with Crippen LogP contribution in [0.25, 0.3) is 0 Å². The molecular formula is C22H47ClS. The molecule has 0 rings (SSSR count). The van der Waals surface area contributed by atoms with Crippen molar-refractivity contribution in [2.75, 3.05) is 17.8 Å². The Bertz CT molecular complexity index is 240. The van der Waals surface area contributed by atoms with E-state index in [0.29, 0.717) is 0 Å². The summed E-state index contributed by atoms with van der Waals surface area (Å²) >= 11 is 0. The molecule has 0 bridgehead atoms. The molecule has 0 aliphatic heterocycles. The van der Waals surface area contributed by atoms with Crippen molar-refractivity contribution in [2.24, 2.45) is 0 Å². The average Bonchev–Trinajstić information content (AvgIpc) is 2.54. The number of halogens is 1. The molecule has 0 radical (unpaired) electrons. The zero-order chi connectivity index (χ0) is 17.9. The van der Waals surface area contributed by atoms with E-state index >= 15 is 0 Å². The fourth-order valence-corrected chi connectivity index (χ4v) is 6.13. The maximum atomic E-state index is 6.58. The quantitative estimate of drug-likeness (QED) is 0.196. The Morgan fingerprint density at radius 1 is 0.458 bits per heavy atom. The van der Waals surface area contributed by atoms with Gasteiger partial charge in [-0.3, -0.25) is 0 Å². The first-order chi connectivity index (χ1) is 11.6. The Morgan fingerprint density at radius 2 is 0.792 bits per heavy atom. The largest absolute Gasteiger partial charge is 0.166 e. The molecule has 0 heterocycles. The summed E-state index contributed by atoms with van der Waals surface area (Å²) in [7, 11) is 5.81. The van der Waals surface area contributed by atoms with Gasteiger partial charge in [-0.15, -0.1) is 0 Å². The highest BCUT2D eigenvalue weighted by Gasteiger charge is 2.12. The van der Waals surface area contributed by atoms with Crippen LogP contribution in [0.1, 0.15) is 123 Å². The molecule has 0 fully saturated rings. The van der Waals surface area contributed by atoms with Gasteiger partial charge in [0.1, 0.15) is 0 Å². The van der Waals surface area contributed by atoms with Crippen LogP contribution in [0.2, 0.25) is 0 Å². The van der Waals surface area contributed by atoms with Gasteiger partial charge in [0.25, 0.3) is 0 Å². The second-order valence-corrected chi connectivity index (χ2v) is 13.2. The second kappa shape index (κ2) is 18.4. The first-order valence-electron chi connectivity index (χ1n) is 11.1. The normalized spacial score (nSPS) is 15.3. The highest BCUT2D eigenvalue weighted by molar-refractivity contribution is 8.50. The summed E-state index contributed by atoms with van der Waals surface area (Å²) < 4.78 is 0. The Balaban J connectivity index is 3.10. The topological polar surface area (TPSA) is 0 Å². The molecule has 0 aromatic heterocycles. The van der Waals surface area contributed by atoms with Gasteiger partial charge in [-0.05, 0) is 30.6 Å². The van der Waals surface area contributed by atoms with Crippen LogP contribution in [-0.2, 0) is 0 Å². The third-order valence-electron chi connectivity index (χ3n) is 5.05. The summed E-state index contributed by atoms with van der Waals surface area (Å²) in [6.45, 7) is 4.55. The SMILES string of the molecule is CCCCCCCCCCCCCCCCCCS(C)(Cl)CCC. The molecule has 1 unspecified atom stereocenters. The van der Waals surface area contributed by atoms with E-state index < -0.39 is 9.24 Å². The molecule has 0 saturated heterocycles. The van der Waals surface area contributed by atoms with Crippen LogP contribution in [0.3, 0.4) is 0 Å². The summed E-state index contributed by atoms with van der Waals surface area (Å²) in [6.07, 6.45) is 26.7. The molecular weight excluding hydrogens is 332 g/mol. The highest BCUT2D eigenvalue weighted by Crippen LogP contribution is 2.50. The Kier molecular flexibility index (Phi) is 18.9.